The number of nitrogens with two attached hydrogens (primary N) is 1. The molecule has 2 amide bonds. The molecule has 2 unspecified atom stereocenters. The summed E-state index contributed by atoms with van der Waals surface area (Å²) in [6.07, 6.45) is 1.90. The van der Waals surface area contributed by atoms with Gasteiger partial charge in [-0.2, -0.15) is 21.9 Å². The van der Waals surface area contributed by atoms with Gasteiger partial charge in [-0.3, -0.25) is 0 Å². The number of carbonyl (C=O) groups is 2. The fraction of sp³-hybridized carbons (Fsp3) is 0.833. The van der Waals surface area contributed by atoms with Crippen LogP contribution in [0, 0.1) is 5.92 Å². The van der Waals surface area contributed by atoms with E-state index in [1.165, 1.54) is 0 Å². The Labute approximate surface area is 113 Å². The van der Waals surface area contributed by atoms with Crippen molar-refractivity contribution in [2.45, 2.75) is 38.6 Å². The molecular formula is C12H23N2O3S+. The van der Waals surface area contributed by atoms with Crippen LogP contribution in [0.3, 0.4) is 0 Å². The maximum atomic E-state index is 12.6. The highest BCUT2D eigenvalue weighted by Gasteiger charge is 2.54. The number of amides is 2. The molecule has 1 aliphatic rings. The molecule has 3 N–H and O–H groups in total. The third-order valence-electron chi connectivity index (χ3n) is 3.95. The van der Waals surface area contributed by atoms with Gasteiger partial charge in [0.05, 0.1) is 12.5 Å². The fourth-order valence-corrected chi connectivity index (χ4v) is 3.10. The van der Waals surface area contributed by atoms with E-state index < -0.39 is 10.6 Å². The number of nitrogens with zero attached hydrogens (tertiary/aromatic N) is 1. The Bertz CT molecular complexity index is 324. The number of thiol groups is 1. The molecule has 1 aliphatic heterocycles. The van der Waals surface area contributed by atoms with Gasteiger partial charge >= 0.3 is 12.0 Å². The Morgan fingerprint density at radius 3 is 2.61 bits per heavy atom. The third-order valence-corrected chi connectivity index (χ3v) is 4.39. The molecule has 104 valence electrons. The molecule has 3 atom stereocenters. The Hall–Kier alpha value is -0.590. The van der Waals surface area contributed by atoms with Gasteiger partial charge in [0, 0.05) is 18.6 Å². The molecule has 1 rings (SSSR count). The molecule has 0 radical (unpaired) electrons. The number of carbonyl (C=O) groups excluding carboxylic acids is 1. The van der Waals surface area contributed by atoms with E-state index in [4.69, 9.17) is 5.73 Å². The summed E-state index contributed by atoms with van der Waals surface area (Å²) >= 11 is 4.19. The predicted molar refractivity (Wildman–Crippen MR) is 72.5 cm³/mol. The second kappa shape index (κ2) is 6.54. The van der Waals surface area contributed by atoms with Gasteiger partial charge in [0.25, 0.3) is 0 Å². The van der Waals surface area contributed by atoms with Crippen molar-refractivity contribution < 1.29 is 19.2 Å². The molecule has 1 saturated heterocycles. The number of carboxylic acid groups (broad SMARTS) is 1. The lowest BCUT2D eigenvalue weighted by atomic mass is 10.0. The summed E-state index contributed by atoms with van der Waals surface area (Å²) in [6, 6.07) is -0.143. The van der Waals surface area contributed by atoms with Gasteiger partial charge in [-0.25, -0.2) is 4.79 Å². The van der Waals surface area contributed by atoms with Crippen LogP contribution >= 0.6 is 12.6 Å². The van der Waals surface area contributed by atoms with E-state index in [0.717, 1.165) is 19.3 Å². The molecule has 6 heteroatoms. The van der Waals surface area contributed by atoms with Crippen LogP contribution in [0.2, 0.25) is 0 Å². The summed E-state index contributed by atoms with van der Waals surface area (Å²) in [4.78, 5) is 24.1. The Morgan fingerprint density at radius 1 is 1.56 bits per heavy atom. The summed E-state index contributed by atoms with van der Waals surface area (Å²) in [6.45, 7) is 2.76. The minimum atomic E-state index is -1.02. The maximum absolute atomic E-state index is 12.6. The standard InChI is InChI=1S/C12H22N2O3S/c1-9-4-3-7-14(9,12(16)17)11(15)10(8-18)5-2-6-13/h9-10H,2-8,13H2,1H3,(H-,16,17,18)/p+1/t9-,10?,14?/m1/s1. The van der Waals surface area contributed by atoms with Crippen molar-refractivity contribution in [2.24, 2.45) is 11.7 Å². The molecule has 1 heterocycles. The zero-order valence-corrected chi connectivity index (χ0v) is 11.7. The second-order valence-corrected chi connectivity index (χ2v) is 5.38. The maximum Gasteiger partial charge on any atom is 0.521 e. The molecule has 0 saturated carbocycles. The van der Waals surface area contributed by atoms with Crippen LogP contribution in [0.4, 0.5) is 4.79 Å². The number of hydrogen-bond donors (Lipinski definition) is 3. The number of quaternary nitrogens is 1. The molecule has 0 spiro atoms. The SMILES string of the molecule is C[C@@H]1CCC[N+]1(C(=O)O)C(=O)C(CS)CCCN. The van der Waals surface area contributed by atoms with Crippen molar-refractivity contribution in [1.82, 2.24) is 0 Å². The quantitative estimate of drug-likeness (QED) is 0.524. The third kappa shape index (κ3) is 2.70. The number of imide groups is 1. The van der Waals surface area contributed by atoms with Crippen molar-refractivity contribution >= 4 is 24.6 Å². The van der Waals surface area contributed by atoms with Crippen molar-refractivity contribution in [2.75, 3.05) is 18.8 Å². The Balaban J connectivity index is 2.92. The lowest BCUT2D eigenvalue weighted by Crippen LogP contribution is -2.60. The van der Waals surface area contributed by atoms with Gasteiger partial charge in [0.2, 0.25) is 0 Å². The van der Waals surface area contributed by atoms with Crippen molar-refractivity contribution in [3.05, 3.63) is 0 Å². The first-order chi connectivity index (χ1) is 8.50. The summed E-state index contributed by atoms with van der Waals surface area (Å²) in [7, 11) is 0. The summed E-state index contributed by atoms with van der Waals surface area (Å²) < 4.78 is -0.421. The van der Waals surface area contributed by atoms with Gasteiger partial charge in [-0.1, -0.05) is 0 Å². The number of rotatable bonds is 5. The van der Waals surface area contributed by atoms with Gasteiger partial charge in [0.15, 0.2) is 0 Å². The van der Waals surface area contributed by atoms with E-state index in [2.05, 4.69) is 12.6 Å². The summed E-state index contributed by atoms with van der Waals surface area (Å²) in [5.74, 6) is -0.122. The molecular weight excluding hydrogens is 252 g/mol. The average molecular weight is 275 g/mol. The smallest absolute Gasteiger partial charge is 0.435 e. The largest absolute Gasteiger partial charge is 0.521 e. The van der Waals surface area contributed by atoms with E-state index >= 15 is 0 Å². The summed E-state index contributed by atoms with van der Waals surface area (Å²) in [5.41, 5.74) is 5.45. The molecule has 0 aromatic carbocycles. The highest BCUT2D eigenvalue weighted by molar-refractivity contribution is 7.80. The first-order valence-corrected chi connectivity index (χ1v) is 7.10. The van der Waals surface area contributed by atoms with Crippen LogP contribution in [0.25, 0.3) is 0 Å². The van der Waals surface area contributed by atoms with Crippen LogP contribution < -0.4 is 5.73 Å². The topological polar surface area (TPSA) is 80.4 Å². The second-order valence-electron chi connectivity index (χ2n) is 5.01. The van der Waals surface area contributed by atoms with Crippen LogP contribution in [0.1, 0.15) is 32.6 Å². The van der Waals surface area contributed by atoms with Crippen LogP contribution in [-0.4, -0.2) is 46.5 Å². The highest BCUT2D eigenvalue weighted by atomic mass is 32.1. The molecule has 1 fully saturated rings. The minimum absolute atomic E-state index is 0.143. The molecule has 5 nitrogen and oxygen atoms in total. The van der Waals surface area contributed by atoms with Crippen molar-refractivity contribution in [1.29, 1.82) is 0 Å². The monoisotopic (exact) mass is 275 g/mol. The van der Waals surface area contributed by atoms with E-state index in [1.807, 2.05) is 6.92 Å². The van der Waals surface area contributed by atoms with E-state index in [-0.39, 0.29) is 17.9 Å². The summed E-state index contributed by atoms with van der Waals surface area (Å²) in [5, 5.41) is 9.48. The van der Waals surface area contributed by atoms with Crippen LogP contribution in [0.5, 0.6) is 0 Å². The Morgan fingerprint density at radius 2 is 2.22 bits per heavy atom. The van der Waals surface area contributed by atoms with E-state index in [9.17, 15) is 14.7 Å². The van der Waals surface area contributed by atoms with E-state index in [1.54, 1.807) is 0 Å². The van der Waals surface area contributed by atoms with E-state index in [0.29, 0.717) is 25.3 Å². The molecule has 0 aliphatic carbocycles. The fourth-order valence-electron chi connectivity index (χ4n) is 2.77. The van der Waals surface area contributed by atoms with Gasteiger partial charge in [-0.15, -0.1) is 0 Å². The minimum Gasteiger partial charge on any atom is -0.435 e. The number of hydrogen-bond acceptors (Lipinski definition) is 4. The molecule has 0 bridgehead atoms. The molecule has 0 aromatic heterocycles. The van der Waals surface area contributed by atoms with Crippen molar-refractivity contribution in [3.8, 4) is 0 Å². The molecule has 0 aromatic rings. The number of likely N-dealkylation sites (tertiary alicyclic amines) is 1. The van der Waals surface area contributed by atoms with Gasteiger partial charge < -0.3 is 10.8 Å². The van der Waals surface area contributed by atoms with Gasteiger partial charge in [-0.05, 0) is 26.3 Å². The normalized spacial score (nSPS) is 29.2. The first kappa shape index (κ1) is 15.5. The lowest BCUT2D eigenvalue weighted by molar-refractivity contribution is -0.794. The Kier molecular flexibility index (Phi) is 5.62. The zero-order chi connectivity index (χ0) is 13.8. The van der Waals surface area contributed by atoms with Gasteiger partial charge in [0.1, 0.15) is 6.04 Å². The zero-order valence-electron chi connectivity index (χ0n) is 10.8. The van der Waals surface area contributed by atoms with Crippen LogP contribution in [0.15, 0.2) is 0 Å². The predicted octanol–water partition coefficient (Wildman–Crippen LogP) is 1.47. The first-order valence-electron chi connectivity index (χ1n) is 6.47. The highest BCUT2D eigenvalue weighted by Crippen LogP contribution is 2.31. The lowest BCUT2D eigenvalue weighted by Gasteiger charge is -2.32. The molecule has 18 heavy (non-hydrogen) atoms. The average Bonchev–Trinajstić information content (AvgIpc) is 2.72. The van der Waals surface area contributed by atoms with Crippen LogP contribution in [-0.2, 0) is 4.79 Å². The van der Waals surface area contributed by atoms with Crippen molar-refractivity contribution in [3.63, 3.8) is 0 Å².